The van der Waals surface area contributed by atoms with E-state index >= 15 is 0 Å². The predicted octanol–water partition coefficient (Wildman–Crippen LogP) is 2.09. The molecule has 0 amide bonds. The minimum atomic E-state index is 0.229. The number of tetrazole rings is 1. The molecule has 17 heavy (non-hydrogen) atoms. The summed E-state index contributed by atoms with van der Waals surface area (Å²) in [6.45, 7) is 7.53. The first kappa shape index (κ1) is 12.5. The van der Waals surface area contributed by atoms with Crippen molar-refractivity contribution >= 4 is 0 Å². The molecule has 96 valence electrons. The fraction of sp³-hybridized carbons (Fsp3) is 0.917. The van der Waals surface area contributed by atoms with Gasteiger partial charge in [0.15, 0.2) is 5.82 Å². The van der Waals surface area contributed by atoms with Crippen LogP contribution >= 0.6 is 0 Å². The highest BCUT2D eigenvalue weighted by Crippen LogP contribution is 2.36. The minimum absolute atomic E-state index is 0.229. The lowest BCUT2D eigenvalue weighted by Gasteiger charge is -2.32. The minimum Gasteiger partial charge on any atom is -0.307 e. The molecule has 1 fully saturated rings. The molecule has 0 aromatic carbocycles. The largest absolute Gasteiger partial charge is 0.307 e. The Bertz CT molecular complexity index is 344. The van der Waals surface area contributed by atoms with Crippen LogP contribution in [0.5, 0.6) is 0 Å². The Morgan fingerprint density at radius 3 is 2.76 bits per heavy atom. The molecule has 1 aromatic rings. The van der Waals surface area contributed by atoms with Crippen LogP contribution in [0.1, 0.15) is 64.4 Å². The molecular weight excluding hydrogens is 214 g/mol. The van der Waals surface area contributed by atoms with Crippen LogP contribution in [-0.4, -0.2) is 26.8 Å². The first-order chi connectivity index (χ1) is 8.24. The maximum absolute atomic E-state index is 4.17. The van der Waals surface area contributed by atoms with E-state index in [9.17, 15) is 0 Å². The molecule has 0 spiro atoms. The third kappa shape index (κ3) is 2.65. The molecule has 1 saturated carbocycles. The highest BCUT2D eigenvalue weighted by atomic mass is 15.6. The molecule has 1 heterocycles. The van der Waals surface area contributed by atoms with Gasteiger partial charge in [-0.1, -0.05) is 13.3 Å². The SMILES string of the molecule is CCCNC(C)c1nnnn1C(C)C1CCC1. The molecule has 5 nitrogen and oxygen atoms in total. The van der Waals surface area contributed by atoms with Crippen LogP contribution in [0.15, 0.2) is 0 Å². The molecule has 0 aliphatic heterocycles. The van der Waals surface area contributed by atoms with Crippen molar-refractivity contribution in [2.24, 2.45) is 5.92 Å². The lowest BCUT2D eigenvalue weighted by Crippen LogP contribution is -2.29. The molecule has 2 rings (SSSR count). The summed E-state index contributed by atoms with van der Waals surface area (Å²) in [5, 5.41) is 15.6. The maximum Gasteiger partial charge on any atom is 0.168 e. The zero-order valence-corrected chi connectivity index (χ0v) is 11.1. The van der Waals surface area contributed by atoms with Gasteiger partial charge in [0.2, 0.25) is 0 Å². The van der Waals surface area contributed by atoms with Crippen molar-refractivity contribution in [3.05, 3.63) is 5.82 Å². The van der Waals surface area contributed by atoms with E-state index in [1.54, 1.807) is 0 Å². The predicted molar refractivity (Wildman–Crippen MR) is 66.6 cm³/mol. The Morgan fingerprint density at radius 2 is 2.18 bits per heavy atom. The van der Waals surface area contributed by atoms with Gasteiger partial charge in [-0.2, -0.15) is 0 Å². The fourth-order valence-corrected chi connectivity index (χ4v) is 2.35. The number of hydrogen-bond acceptors (Lipinski definition) is 4. The van der Waals surface area contributed by atoms with Crippen molar-refractivity contribution in [2.45, 2.75) is 58.5 Å². The molecule has 0 radical (unpaired) electrons. The normalized spacial score (nSPS) is 19.9. The van der Waals surface area contributed by atoms with Crippen LogP contribution in [0.3, 0.4) is 0 Å². The van der Waals surface area contributed by atoms with Crippen LogP contribution in [0.25, 0.3) is 0 Å². The molecule has 0 bridgehead atoms. The van der Waals surface area contributed by atoms with E-state index in [-0.39, 0.29) is 6.04 Å². The van der Waals surface area contributed by atoms with Gasteiger partial charge in [-0.15, -0.1) is 5.10 Å². The smallest absolute Gasteiger partial charge is 0.168 e. The van der Waals surface area contributed by atoms with Crippen molar-refractivity contribution in [2.75, 3.05) is 6.54 Å². The molecule has 1 aromatic heterocycles. The number of nitrogens with zero attached hydrogens (tertiary/aromatic N) is 4. The van der Waals surface area contributed by atoms with Crippen molar-refractivity contribution in [3.8, 4) is 0 Å². The van der Waals surface area contributed by atoms with Crippen molar-refractivity contribution in [3.63, 3.8) is 0 Å². The van der Waals surface area contributed by atoms with Gasteiger partial charge in [-0.25, -0.2) is 4.68 Å². The van der Waals surface area contributed by atoms with Gasteiger partial charge in [0.05, 0.1) is 12.1 Å². The first-order valence-electron chi connectivity index (χ1n) is 6.75. The van der Waals surface area contributed by atoms with Gasteiger partial charge in [0.25, 0.3) is 0 Å². The van der Waals surface area contributed by atoms with Gasteiger partial charge in [-0.05, 0) is 56.0 Å². The number of hydrogen-bond donors (Lipinski definition) is 1. The lowest BCUT2D eigenvalue weighted by atomic mass is 9.80. The quantitative estimate of drug-likeness (QED) is 0.823. The Morgan fingerprint density at radius 1 is 1.41 bits per heavy atom. The fourth-order valence-electron chi connectivity index (χ4n) is 2.35. The summed E-state index contributed by atoms with van der Waals surface area (Å²) in [7, 11) is 0. The van der Waals surface area contributed by atoms with Gasteiger partial charge < -0.3 is 5.32 Å². The maximum atomic E-state index is 4.17. The molecule has 1 aliphatic carbocycles. The molecule has 1 aliphatic rings. The van der Waals surface area contributed by atoms with Crippen molar-refractivity contribution in [1.29, 1.82) is 0 Å². The Balaban J connectivity index is 2.04. The van der Waals surface area contributed by atoms with Crippen LogP contribution < -0.4 is 5.32 Å². The Hall–Kier alpha value is -0.970. The highest BCUT2D eigenvalue weighted by molar-refractivity contribution is 4.93. The summed E-state index contributed by atoms with van der Waals surface area (Å²) in [4.78, 5) is 0. The van der Waals surface area contributed by atoms with Gasteiger partial charge in [-0.3, -0.25) is 0 Å². The van der Waals surface area contributed by atoms with Crippen LogP contribution in [0.4, 0.5) is 0 Å². The Labute approximate surface area is 103 Å². The summed E-state index contributed by atoms with van der Waals surface area (Å²) < 4.78 is 2.01. The van der Waals surface area contributed by atoms with Gasteiger partial charge in [0, 0.05) is 0 Å². The van der Waals surface area contributed by atoms with Gasteiger partial charge in [0.1, 0.15) is 0 Å². The highest BCUT2D eigenvalue weighted by Gasteiger charge is 2.28. The summed E-state index contributed by atoms with van der Waals surface area (Å²) in [5.41, 5.74) is 0. The molecule has 1 N–H and O–H groups in total. The number of nitrogens with one attached hydrogen (secondary N) is 1. The zero-order valence-electron chi connectivity index (χ0n) is 11.1. The number of aromatic nitrogens is 4. The third-order valence-corrected chi connectivity index (χ3v) is 3.82. The third-order valence-electron chi connectivity index (χ3n) is 3.82. The van der Waals surface area contributed by atoms with E-state index in [4.69, 9.17) is 0 Å². The standard InChI is InChI=1S/C12H23N5/c1-4-8-13-9(2)12-14-15-16-17(12)10(3)11-6-5-7-11/h9-11,13H,4-8H2,1-3H3. The molecule has 0 saturated heterocycles. The monoisotopic (exact) mass is 237 g/mol. The summed E-state index contributed by atoms with van der Waals surface area (Å²) in [5.74, 6) is 1.73. The zero-order chi connectivity index (χ0) is 12.3. The second-order valence-corrected chi connectivity index (χ2v) is 5.09. The van der Waals surface area contributed by atoms with Crippen LogP contribution in [0.2, 0.25) is 0 Å². The summed E-state index contributed by atoms with van der Waals surface area (Å²) in [6, 6.07) is 0.659. The average molecular weight is 237 g/mol. The summed E-state index contributed by atoms with van der Waals surface area (Å²) in [6.07, 6.45) is 5.12. The average Bonchev–Trinajstić information content (AvgIpc) is 2.72. The second kappa shape index (κ2) is 5.58. The first-order valence-corrected chi connectivity index (χ1v) is 6.75. The van der Waals surface area contributed by atoms with E-state index in [1.165, 1.54) is 19.3 Å². The lowest BCUT2D eigenvalue weighted by molar-refractivity contribution is 0.202. The van der Waals surface area contributed by atoms with Crippen LogP contribution in [-0.2, 0) is 0 Å². The van der Waals surface area contributed by atoms with E-state index in [0.29, 0.717) is 6.04 Å². The molecule has 2 atom stereocenters. The molecule has 2 unspecified atom stereocenters. The van der Waals surface area contributed by atoms with E-state index in [1.807, 2.05) is 4.68 Å². The van der Waals surface area contributed by atoms with E-state index in [0.717, 1.165) is 24.7 Å². The van der Waals surface area contributed by atoms with Crippen LogP contribution in [0, 0.1) is 5.92 Å². The van der Waals surface area contributed by atoms with Gasteiger partial charge >= 0.3 is 0 Å². The van der Waals surface area contributed by atoms with Crippen molar-refractivity contribution < 1.29 is 0 Å². The summed E-state index contributed by atoms with van der Waals surface area (Å²) >= 11 is 0. The van der Waals surface area contributed by atoms with Crippen molar-refractivity contribution in [1.82, 2.24) is 25.5 Å². The second-order valence-electron chi connectivity index (χ2n) is 5.09. The van der Waals surface area contributed by atoms with E-state index < -0.39 is 0 Å². The molecule has 5 heteroatoms. The Kier molecular flexibility index (Phi) is 4.10. The topological polar surface area (TPSA) is 55.6 Å². The number of rotatable bonds is 6. The van der Waals surface area contributed by atoms with E-state index in [2.05, 4.69) is 41.6 Å². The molecular formula is C12H23N5.